The third-order valence-corrected chi connectivity index (χ3v) is 3.42. The second-order valence-corrected chi connectivity index (χ2v) is 5.59. The van der Waals surface area contributed by atoms with E-state index >= 15 is 0 Å². The van der Waals surface area contributed by atoms with Gasteiger partial charge in [-0.1, -0.05) is 18.2 Å². The normalized spacial score (nSPS) is 11.6. The molecule has 17 heavy (non-hydrogen) atoms. The average molecular weight is 252 g/mol. The Morgan fingerprint density at radius 3 is 2.24 bits per heavy atom. The third-order valence-electron chi connectivity index (χ3n) is 2.34. The first-order chi connectivity index (χ1) is 7.91. The van der Waals surface area contributed by atoms with E-state index in [0.717, 1.165) is 15.0 Å². The van der Waals surface area contributed by atoms with E-state index in [2.05, 4.69) is 0 Å². The number of nitrogens with zero attached hydrogens (tertiary/aromatic N) is 2. The van der Waals surface area contributed by atoms with E-state index in [1.807, 2.05) is 0 Å². The molecule has 2 aromatic rings. The lowest BCUT2D eigenvalue weighted by Crippen LogP contribution is -2.26. The Hall–Kier alpha value is -1.82. The largest absolute Gasteiger partial charge is 0.272 e. The van der Waals surface area contributed by atoms with Crippen molar-refractivity contribution < 1.29 is 8.42 Å². The molecule has 0 aliphatic heterocycles. The van der Waals surface area contributed by atoms with Crippen LogP contribution in [-0.2, 0) is 10.0 Å². The summed E-state index contributed by atoms with van der Waals surface area (Å²) in [5.74, 6) is 0. The first kappa shape index (κ1) is 11.7. The summed E-state index contributed by atoms with van der Waals surface area (Å²) in [6, 6.07) is 9.96. The van der Waals surface area contributed by atoms with Crippen molar-refractivity contribution in [2.45, 2.75) is 6.92 Å². The van der Waals surface area contributed by atoms with Gasteiger partial charge in [0, 0.05) is 6.07 Å². The number of para-hydroxylation sites is 1. The maximum atomic E-state index is 11.8. The van der Waals surface area contributed by atoms with Crippen molar-refractivity contribution in [3.63, 3.8) is 0 Å². The summed E-state index contributed by atoms with van der Waals surface area (Å²) >= 11 is 0. The Morgan fingerprint density at radius 2 is 1.71 bits per heavy atom. The molecule has 0 saturated heterocycles. The maximum Gasteiger partial charge on any atom is 0.272 e. The molecule has 0 amide bonds. The van der Waals surface area contributed by atoms with Crippen LogP contribution in [-0.4, -0.2) is 23.4 Å². The molecule has 0 fully saturated rings. The van der Waals surface area contributed by atoms with Crippen LogP contribution in [0, 0.1) is 6.92 Å². The number of hydrogen-bond acceptors (Lipinski definition) is 3. The number of hydrogen-bond donors (Lipinski definition) is 0. The molecule has 5 nitrogen and oxygen atoms in total. The van der Waals surface area contributed by atoms with Crippen molar-refractivity contribution in [1.82, 2.24) is 8.77 Å². The molecule has 0 radical (unpaired) electrons. The Labute approximate surface area is 99.0 Å². The zero-order chi connectivity index (χ0) is 12.6. The fraction of sp³-hybridized carbons (Fsp3) is 0.182. The molecular weight excluding hydrogens is 240 g/mol. The van der Waals surface area contributed by atoms with Crippen LogP contribution in [0.4, 0.5) is 0 Å². The molecule has 0 atom stereocenters. The van der Waals surface area contributed by atoms with Gasteiger partial charge in [0.25, 0.3) is 5.56 Å². The molecule has 1 aromatic heterocycles. The predicted molar refractivity (Wildman–Crippen MR) is 65.0 cm³/mol. The van der Waals surface area contributed by atoms with Crippen LogP contribution in [0.2, 0.25) is 0 Å². The van der Waals surface area contributed by atoms with Gasteiger partial charge in [0.05, 0.1) is 17.6 Å². The van der Waals surface area contributed by atoms with E-state index in [9.17, 15) is 13.2 Å². The van der Waals surface area contributed by atoms with E-state index in [4.69, 9.17) is 0 Å². The topological polar surface area (TPSA) is 61.1 Å². The summed E-state index contributed by atoms with van der Waals surface area (Å²) in [7, 11) is -3.51. The molecule has 2 rings (SSSR count). The van der Waals surface area contributed by atoms with Crippen LogP contribution in [0.5, 0.6) is 0 Å². The lowest BCUT2D eigenvalue weighted by molar-refractivity contribution is 0.573. The SMILES string of the molecule is Cc1cc(=O)n(-c2ccccc2)n1S(C)(=O)=O. The van der Waals surface area contributed by atoms with Crippen LogP contribution in [0.25, 0.3) is 5.69 Å². The smallest absolute Gasteiger partial charge is 0.267 e. The molecule has 0 spiro atoms. The highest BCUT2D eigenvalue weighted by atomic mass is 32.2. The number of benzene rings is 1. The van der Waals surface area contributed by atoms with Crippen molar-refractivity contribution in [1.29, 1.82) is 0 Å². The molecule has 0 bridgehead atoms. The molecule has 0 aliphatic rings. The molecule has 6 heteroatoms. The molecule has 0 unspecified atom stereocenters. The first-order valence-electron chi connectivity index (χ1n) is 4.99. The van der Waals surface area contributed by atoms with Crippen LogP contribution in [0.15, 0.2) is 41.2 Å². The lowest BCUT2D eigenvalue weighted by atomic mass is 10.3. The molecule has 1 heterocycles. The Kier molecular flexibility index (Phi) is 2.66. The zero-order valence-electron chi connectivity index (χ0n) is 9.49. The molecule has 90 valence electrons. The average Bonchev–Trinajstić information content (AvgIpc) is 2.54. The molecule has 0 aliphatic carbocycles. The Bertz CT molecular complexity index is 696. The molecule has 1 aromatic carbocycles. The van der Waals surface area contributed by atoms with Gasteiger partial charge in [0.15, 0.2) is 0 Å². The highest BCUT2D eigenvalue weighted by molar-refractivity contribution is 7.89. The Morgan fingerprint density at radius 1 is 1.12 bits per heavy atom. The standard InChI is InChI=1S/C11H12N2O3S/c1-9-8-11(14)12(13(9)17(2,15)16)10-6-4-3-5-7-10/h3-8H,1-2H3. The first-order valence-corrected chi connectivity index (χ1v) is 6.84. The number of aryl methyl sites for hydroxylation is 1. The van der Waals surface area contributed by atoms with Crippen molar-refractivity contribution in [2.75, 3.05) is 6.26 Å². The number of rotatable bonds is 2. The minimum Gasteiger partial charge on any atom is -0.267 e. The van der Waals surface area contributed by atoms with Crippen molar-refractivity contribution in [2.24, 2.45) is 0 Å². The van der Waals surface area contributed by atoms with Gasteiger partial charge < -0.3 is 0 Å². The quantitative estimate of drug-likeness (QED) is 0.792. The molecular formula is C11H12N2O3S. The second kappa shape index (κ2) is 3.89. The summed E-state index contributed by atoms with van der Waals surface area (Å²) in [6.45, 7) is 1.59. The molecule has 0 N–H and O–H groups in total. The van der Waals surface area contributed by atoms with Gasteiger partial charge in [0.2, 0.25) is 10.0 Å². The van der Waals surface area contributed by atoms with E-state index in [0.29, 0.717) is 11.4 Å². The monoisotopic (exact) mass is 252 g/mol. The third kappa shape index (κ3) is 2.03. The minimum absolute atomic E-state index is 0.362. The summed E-state index contributed by atoms with van der Waals surface area (Å²) in [5.41, 5.74) is 0.552. The van der Waals surface area contributed by atoms with Gasteiger partial charge >= 0.3 is 0 Å². The zero-order valence-corrected chi connectivity index (χ0v) is 10.3. The van der Waals surface area contributed by atoms with E-state index in [1.165, 1.54) is 6.07 Å². The predicted octanol–water partition coefficient (Wildman–Crippen LogP) is 0.755. The van der Waals surface area contributed by atoms with Gasteiger partial charge in [-0.15, -0.1) is 0 Å². The highest BCUT2D eigenvalue weighted by Gasteiger charge is 2.16. The van der Waals surface area contributed by atoms with Gasteiger partial charge in [-0.3, -0.25) is 4.79 Å². The van der Waals surface area contributed by atoms with Crippen LogP contribution >= 0.6 is 0 Å². The van der Waals surface area contributed by atoms with Gasteiger partial charge in [0.1, 0.15) is 0 Å². The van der Waals surface area contributed by atoms with Crippen LogP contribution in [0.3, 0.4) is 0 Å². The number of aromatic nitrogens is 2. The second-order valence-electron chi connectivity index (χ2n) is 3.78. The highest BCUT2D eigenvalue weighted by Crippen LogP contribution is 2.09. The maximum absolute atomic E-state index is 11.8. The van der Waals surface area contributed by atoms with Crippen molar-refractivity contribution in [3.8, 4) is 5.69 Å². The van der Waals surface area contributed by atoms with E-state index in [-0.39, 0.29) is 5.56 Å². The molecule has 0 saturated carbocycles. The summed E-state index contributed by atoms with van der Waals surface area (Å²) in [6.07, 6.45) is 1.07. The minimum atomic E-state index is -3.51. The summed E-state index contributed by atoms with van der Waals surface area (Å²) in [4.78, 5) is 11.8. The van der Waals surface area contributed by atoms with Crippen LogP contribution < -0.4 is 5.56 Å². The van der Waals surface area contributed by atoms with Gasteiger partial charge in [-0.25, -0.2) is 13.1 Å². The fourth-order valence-electron chi connectivity index (χ4n) is 1.75. The van der Waals surface area contributed by atoms with Crippen LogP contribution in [0.1, 0.15) is 5.69 Å². The lowest BCUT2D eigenvalue weighted by Gasteiger charge is -2.10. The van der Waals surface area contributed by atoms with Crippen molar-refractivity contribution >= 4 is 10.0 Å². The van der Waals surface area contributed by atoms with E-state index < -0.39 is 10.0 Å². The van der Waals surface area contributed by atoms with Gasteiger partial charge in [-0.2, -0.15) is 4.09 Å². The Balaban J connectivity index is 2.84. The van der Waals surface area contributed by atoms with E-state index in [1.54, 1.807) is 37.3 Å². The summed E-state index contributed by atoms with van der Waals surface area (Å²) in [5, 5.41) is 0. The summed E-state index contributed by atoms with van der Waals surface area (Å²) < 4.78 is 25.5. The fourth-order valence-corrected chi connectivity index (χ4v) is 2.80. The van der Waals surface area contributed by atoms with Crippen molar-refractivity contribution in [3.05, 3.63) is 52.4 Å². The van der Waals surface area contributed by atoms with Gasteiger partial charge in [-0.05, 0) is 19.1 Å².